The number of ether oxygens (including phenoxy) is 1. The molecule has 2 rings (SSSR count). The quantitative estimate of drug-likeness (QED) is 0.635. The van der Waals surface area contributed by atoms with Crippen LogP contribution in [-0.4, -0.2) is 22.4 Å². The predicted octanol–water partition coefficient (Wildman–Crippen LogP) is 2.42. The van der Waals surface area contributed by atoms with Gasteiger partial charge in [-0.05, 0) is 29.8 Å². The lowest BCUT2D eigenvalue weighted by molar-refractivity contribution is 0.373. The normalized spacial score (nSPS) is 10.2. The Kier molecular flexibility index (Phi) is 3.66. The fraction of sp³-hybridized carbons (Fsp3) is 0.143. The Morgan fingerprint density at radius 3 is 2.37 bits per heavy atom. The largest absolute Gasteiger partial charge is 0.504 e. The smallest absolute Gasteiger partial charge is 0.160 e. The van der Waals surface area contributed by atoms with Crippen LogP contribution in [0, 0.1) is 0 Å². The Morgan fingerprint density at radius 2 is 1.74 bits per heavy atom. The van der Waals surface area contributed by atoms with Crippen LogP contribution in [0.5, 0.6) is 23.0 Å². The van der Waals surface area contributed by atoms with Gasteiger partial charge in [-0.15, -0.1) is 0 Å². The summed E-state index contributed by atoms with van der Waals surface area (Å²) in [7, 11) is 1.49. The van der Waals surface area contributed by atoms with Gasteiger partial charge < -0.3 is 25.4 Å². The number of nitrogens with one attached hydrogen (secondary N) is 1. The van der Waals surface area contributed by atoms with Gasteiger partial charge in [0.15, 0.2) is 23.0 Å². The van der Waals surface area contributed by atoms with E-state index in [1.54, 1.807) is 24.3 Å². The molecule has 0 saturated carbocycles. The van der Waals surface area contributed by atoms with Gasteiger partial charge in [-0.2, -0.15) is 0 Å². The number of rotatable bonds is 4. The van der Waals surface area contributed by atoms with E-state index in [9.17, 15) is 15.3 Å². The second-order valence-electron chi connectivity index (χ2n) is 4.06. The molecule has 0 amide bonds. The summed E-state index contributed by atoms with van der Waals surface area (Å²) in [5, 5.41) is 31.3. The van der Waals surface area contributed by atoms with Gasteiger partial charge in [0.1, 0.15) is 0 Å². The molecule has 0 unspecified atom stereocenters. The summed E-state index contributed by atoms with van der Waals surface area (Å²) in [6.07, 6.45) is 0. The number of anilines is 1. The first-order valence-corrected chi connectivity index (χ1v) is 5.72. The lowest BCUT2D eigenvalue weighted by Crippen LogP contribution is -1.99. The van der Waals surface area contributed by atoms with Gasteiger partial charge in [0, 0.05) is 18.3 Å². The summed E-state index contributed by atoms with van der Waals surface area (Å²) in [4.78, 5) is 0. The van der Waals surface area contributed by atoms with Crippen molar-refractivity contribution in [3.63, 3.8) is 0 Å². The molecule has 100 valence electrons. The molecule has 0 radical (unpaired) electrons. The highest BCUT2D eigenvalue weighted by atomic mass is 16.5. The van der Waals surface area contributed by atoms with E-state index in [2.05, 4.69) is 5.32 Å². The van der Waals surface area contributed by atoms with Crippen molar-refractivity contribution < 1.29 is 20.1 Å². The minimum atomic E-state index is -0.156. The molecule has 0 aromatic heterocycles. The summed E-state index contributed by atoms with van der Waals surface area (Å²) in [5.41, 5.74) is 1.54. The predicted molar refractivity (Wildman–Crippen MR) is 71.8 cm³/mol. The SMILES string of the molecule is COc1ccc(NCc2ccc(O)c(O)c2)cc1O. The first-order valence-electron chi connectivity index (χ1n) is 5.72. The molecule has 0 spiro atoms. The third kappa shape index (κ3) is 3.01. The average molecular weight is 261 g/mol. The Morgan fingerprint density at radius 1 is 0.947 bits per heavy atom. The van der Waals surface area contributed by atoms with Crippen LogP contribution >= 0.6 is 0 Å². The van der Waals surface area contributed by atoms with Crippen molar-refractivity contribution in [2.24, 2.45) is 0 Å². The van der Waals surface area contributed by atoms with E-state index in [0.717, 1.165) is 11.3 Å². The van der Waals surface area contributed by atoms with Gasteiger partial charge in [0.25, 0.3) is 0 Å². The van der Waals surface area contributed by atoms with Crippen LogP contribution in [0.4, 0.5) is 5.69 Å². The first-order chi connectivity index (χ1) is 9.10. The number of hydrogen-bond acceptors (Lipinski definition) is 5. The van der Waals surface area contributed by atoms with Gasteiger partial charge in [-0.1, -0.05) is 6.07 Å². The maximum Gasteiger partial charge on any atom is 0.160 e. The van der Waals surface area contributed by atoms with Crippen molar-refractivity contribution in [1.82, 2.24) is 0 Å². The average Bonchev–Trinajstić information content (AvgIpc) is 2.40. The van der Waals surface area contributed by atoms with E-state index in [1.165, 1.54) is 19.2 Å². The number of phenols is 3. The fourth-order valence-electron chi connectivity index (χ4n) is 1.68. The lowest BCUT2D eigenvalue weighted by Gasteiger charge is -2.09. The highest BCUT2D eigenvalue weighted by Gasteiger charge is 2.03. The second-order valence-corrected chi connectivity index (χ2v) is 4.06. The van der Waals surface area contributed by atoms with Crippen LogP contribution in [0.25, 0.3) is 0 Å². The Hall–Kier alpha value is -2.56. The molecule has 2 aromatic carbocycles. The molecule has 0 bridgehead atoms. The van der Waals surface area contributed by atoms with Gasteiger partial charge in [0.2, 0.25) is 0 Å². The molecule has 4 N–H and O–H groups in total. The molecule has 19 heavy (non-hydrogen) atoms. The van der Waals surface area contributed by atoms with Gasteiger partial charge >= 0.3 is 0 Å². The molecular weight excluding hydrogens is 246 g/mol. The summed E-state index contributed by atoms with van der Waals surface area (Å²) in [6.45, 7) is 0.458. The Balaban J connectivity index is 2.05. The zero-order chi connectivity index (χ0) is 13.8. The lowest BCUT2D eigenvalue weighted by atomic mass is 10.2. The number of methoxy groups -OCH3 is 1. The maximum absolute atomic E-state index is 9.63. The number of aromatic hydroxyl groups is 3. The van der Waals surface area contributed by atoms with Crippen molar-refractivity contribution in [2.75, 3.05) is 12.4 Å². The van der Waals surface area contributed by atoms with E-state index < -0.39 is 0 Å². The van der Waals surface area contributed by atoms with Gasteiger partial charge in [-0.25, -0.2) is 0 Å². The summed E-state index contributed by atoms with van der Waals surface area (Å²) in [5.74, 6) is 0.164. The Bertz CT molecular complexity index is 584. The van der Waals surface area contributed by atoms with Crippen LogP contribution in [-0.2, 0) is 6.54 Å². The molecule has 2 aromatic rings. The van der Waals surface area contributed by atoms with Gasteiger partial charge in [0.05, 0.1) is 7.11 Å². The van der Waals surface area contributed by atoms with Crippen LogP contribution in [0.15, 0.2) is 36.4 Å². The molecule has 0 aliphatic heterocycles. The molecule has 0 heterocycles. The highest BCUT2D eigenvalue weighted by molar-refractivity contribution is 5.54. The van der Waals surface area contributed by atoms with Crippen LogP contribution in [0.2, 0.25) is 0 Å². The number of benzene rings is 2. The van der Waals surface area contributed by atoms with E-state index >= 15 is 0 Å². The zero-order valence-corrected chi connectivity index (χ0v) is 10.4. The first kappa shape index (κ1) is 12.9. The fourth-order valence-corrected chi connectivity index (χ4v) is 1.68. The molecular formula is C14H15NO4. The van der Waals surface area contributed by atoms with E-state index in [4.69, 9.17) is 4.74 Å². The Labute approximate surface area is 110 Å². The maximum atomic E-state index is 9.63. The van der Waals surface area contributed by atoms with Crippen molar-refractivity contribution in [3.8, 4) is 23.0 Å². The van der Waals surface area contributed by atoms with Crippen LogP contribution in [0.3, 0.4) is 0 Å². The third-order valence-electron chi connectivity index (χ3n) is 2.72. The van der Waals surface area contributed by atoms with Crippen molar-refractivity contribution in [1.29, 1.82) is 0 Å². The molecule has 0 saturated heterocycles. The van der Waals surface area contributed by atoms with E-state index in [1.807, 2.05) is 0 Å². The summed E-state index contributed by atoms with van der Waals surface area (Å²) < 4.78 is 4.95. The summed E-state index contributed by atoms with van der Waals surface area (Å²) >= 11 is 0. The van der Waals surface area contributed by atoms with E-state index in [0.29, 0.717) is 12.3 Å². The van der Waals surface area contributed by atoms with Crippen molar-refractivity contribution in [3.05, 3.63) is 42.0 Å². The topological polar surface area (TPSA) is 82.0 Å². The van der Waals surface area contributed by atoms with Crippen molar-refractivity contribution in [2.45, 2.75) is 6.54 Å². The number of phenolic OH excluding ortho intramolecular Hbond substituents is 3. The molecule has 5 nitrogen and oxygen atoms in total. The standard InChI is InChI=1S/C14H15NO4/c1-19-14-5-3-10(7-13(14)18)15-8-9-2-4-11(16)12(17)6-9/h2-7,15-18H,8H2,1H3. The minimum Gasteiger partial charge on any atom is -0.504 e. The minimum absolute atomic E-state index is 0.0565. The summed E-state index contributed by atoms with van der Waals surface area (Å²) in [6, 6.07) is 9.60. The monoisotopic (exact) mass is 261 g/mol. The van der Waals surface area contributed by atoms with Crippen molar-refractivity contribution >= 4 is 5.69 Å². The highest BCUT2D eigenvalue weighted by Crippen LogP contribution is 2.29. The molecule has 0 fully saturated rings. The second kappa shape index (κ2) is 5.39. The zero-order valence-electron chi connectivity index (χ0n) is 10.4. The molecule has 5 heteroatoms. The van der Waals surface area contributed by atoms with E-state index in [-0.39, 0.29) is 17.2 Å². The molecule has 0 aliphatic rings. The van der Waals surface area contributed by atoms with Crippen LogP contribution < -0.4 is 10.1 Å². The number of hydrogen-bond donors (Lipinski definition) is 4. The van der Waals surface area contributed by atoms with Gasteiger partial charge in [-0.3, -0.25) is 0 Å². The van der Waals surface area contributed by atoms with Crippen LogP contribution in [0.1, 0.15) is 5.56 Å². The third-order valence-corrected chi connectivity index (χ3v) is 2.72. The molecule has 0 aliphatic carbocycles. The molecule has 0 atom stereocenters.